The molecule has 0 N–H and O–H groups in total. The van der Waals surface area contributed by atoms with Crippen molar-refractivity contribution in [3.05, 3.63) is 28.7 Å². The molecule has 0 bridgehead atoms. The lowest BCUT2D eigenvalue weighted by molar-refractivity contribution is 0.951. The highest BCUT2D eigenvalue weighted by Gasteiger charge is 2.17. The smallest absolute Gasteiger partial charge is 0.181 e. The van der Waals surface area contributed by atoms with Gasteiger partial charge in [-0.15, -0.1) is 32.9 Å². The molecule has 4 aromatic rings. The Morgan fingerprint density at radius 2 is 1.96 bits per heavy atom. The second-order valence-electron chi connectivity index (χ2n) is 4.52. The standard InChI is InChI=1S/C14H10N4S5/c1-7-15-11-10(8(6-21-11)9-4-3-5-20-9)12(16-7)22-14-18-17-13(19-2)23-14/h3-6H,1-2H3. The Hall–Kier alpha value is -1.00. The maximum atomic E-state index is 4.67. The van der Waals surface area contributed by atoms with E-state index in [0.717, 1.165) is 29.7 Å². The zero-order valence-electron chi connectivity index (χ0n) is 12.1. The molecule has 0 aliphatic heterocycles. The molecule has 0 spiro atoms. The van der Waals surface area contributed by atoms with Crippen LogP contribution in [0.3, 0.4) is 0 Å². The number of hydrogen-bond acceptors (Lipinski definition) is 9. The van der Waals surface area contributed by atoms with Crippen LogP contribution in [0.4, 0.5) is 0 Å². The second-order valence-corrected chi connectivity index (χ2v) is 9.60. The first-order valence-electron chi connectivity index (χ1n) is 6.59. The van der Waals surface area contributed by atoms with Crippen molar-refractivity contribution in [2.75, 3.05) is 6.26 Å². The molecule has 9 heteroatoms. The molecule has 0 atom stereocenters. The molecule has 4 heterocycles. The molecule has 0 saturated carbocycles. The fourth-order valence-corrected chi connectivity index (χ4v) is 6.51. The number of nitrogens with zero attached hydrogens (tertiary/aromatic N) is 4. The van der Waals surface area contributed by atoms with Gasteiger partial charge in [0.25, 0.3) is 0 Å². The van der Waals surface area contributed by atoms with Gasteiger partial charge in [0.1, 0.15) is 15.7 Å². The Bertz CT molecular complexity index is 957. The summed E-state index contributed by atoms with van der Waals surface area (Å²) >= 11 is 8.19. The summed E-state index contributed by atoms with van der Waals surface area (Å²) in [5.74, 6) is 0.786. The normalized spacial score (nSPS) is 11.4. The van der Waals surface area contributed by atoms with Gasteiger partial charge in [-0.2, -0.15) is 0 Å². The molecule has 4 aromatic heterocycles. The van der Waals surface area contributed by atoms with Crippen LogP contribution in [0.1, 0.15) is 5.82 Å². The van der Waals surface area contributed by atoms with E-state index in [1.165, 1.54) is 10.4 Å². The van der Waals surface area contributed by atoms with E-state index in [1.54, 1.807) is 57.5 Å². The molecule has 4 rings (SSSR count). The molecule has 0 saturated heterocycles. The number of hydrogen-bond donors (Lipinski definition) is 0. The largest absolute Gasteiger partial charge is 0.226 e. The van der Waals surface area contributed by atoms with Crippen molar-refractivity contribution in [3.8, 4) is 10.4 Å². The summed E-state index contributed by atoms with van der Waals surface area (Å²) in [5, 5.41) is 14.8. The first-order valence-corrected chi connectivity index (χ1v) is 11.2. The molecule has 0 aliphatic rings. The van der Waals surface area contributed by atoms with Crippen molar-refractivity contribution in [2.45, 2.75) is 20.6 Å². The molecule has 0 fully saturated rings. The van der Waals surface area contributed by atoms with Crippen LogP contribution < -0.4 is 0 Å². The van der Waals surface area contributed by atoms with E-state index in [1.807, 2.05) is 13.2 Å². The second kappa shape index (κ2) is 6.48. The molecule has 4 nitrogen and oxygen atoms in total. The van der Waals surface area contributed by atoms with Crippen LogP contribution in [0.2, 0.25) is 0 Å². The van der Waals surface area contributed by atoms with Crippen molar-refractivity contribution in [3.63, 3.8) is 0 Å². The van der Waals surface area contributed by atoms with Gasteiger partial charge in [0, 0.05) is 15.8 Å². The van der Waals surface area contributed by atoms with Gasteiger partial charge in [0.15, 0.2) is 8.68 Å². The summed E-state index contributed by atoms with van der Waals surface area (Å²) in [4.78, 5) is 11.5. The van der Waals surface area contributed by atoms with Crippen LogP contribution in [0.5, 0.6) is 0 Å². The van der Waals surface area contributed by atoms with Gasteiger partial charge < -0.3 is 0 Å². The Balaban J connectivity index is 1.85. The summed E-state index contributed by atoms with van der Waals surface area (Å²) in [6.45, 7) is 1.93. The number of thiophene rings is 2. The number of rotatable bonds is 4. The van der Waals surface area contributed by atoms with Crippen LogP contribution in [-0.2, 0) is 0 Å². The maximum Gasteiger partial charge on any atom is 0.181 e. The molecule has 23 heavy (non-hydrogen) atoms. The highest BCUT2D eigenvalue weighted by Crippen LogP contribution is 2.42. The summed E-state index contributed by atoms with van der Waals surface area (Å²) in [7, 11) is 0. The molecule has 0 aromatic carbocycles. The maximum absolute atomic E-state index is 4.67. The monoisotopic (exact) mass is 394 g/mol. The van der Waals surface area contributed by atoms with Crippen molar-refractivity contribution in [2.24, 2.45) is 0 Å². The third-order valence-corrected chi connectivity index (χ3v) is 7.76. The Labute approximate surface area is 153 Å². The van der Waals surface area contributed by atoms with E-state index < -0.39 is 0 Å². The van der Waals surface area contributed by atoms with E-state index in [-0.39, 0.29) is 0 Å². The number of fused-ring (bicyclic) bond motifs is 1. The zero-order chi connectivity index (χ0) is 15.8. The van der Waals surface area contributed by atoms with Gasteiger partial charge in [-0.3, -0.25) is 0 Å². The number of aryl methyl sites for hydroxylation is 1. The van der Waals surface area contributed by atoms with E-state index in [2.05, 4.69) is 43.1 Å². The molecule has 0 aliphatic carbocycles. The van der Waals surface area contributed by atoms with E-state index in [4.69, 9.17) is 0 Å². The predicted octanol–water partition coefficient (Wildman–Crippen LogP) is 5.45. The average molecular weight is 395 g/mol. The van der Waals surface area contributed by atoms with Gasteiger partial charge in [0.05, 0.1) is 5.39 Å². The minimum atomic E-state index is 0.786. The molecular weight excluding hydrogens is 385 g/mol. The van der Waals surface area contributed by atoms with Gasteiger partial charge in [-0.25, -0.2) is 9.97 Å². The SMILES string of the molecule is CSc1nnc(Sc2nc(C)nc3scc(-c4cccs4)c23)s1. The average Bonchev–Trinajstić information content (AvgIpc) is 3.26. The van der Waals surface area contributed by atoms with Gasteiger partial charge in [-0.05, 0) is 36.4 Å². The third-order valence-electron chi connectivity index (χ3n) is 3.05. The topological polar surface area (TPSA) is 51.6 Å². The van der Waals surface area contributed by atoms with Crippen molar-refractivity contribution >= 4 is 67.8 Å². The fourth-order valence-electron chi connectivity index (χ4n) is 2.10. The van der Waals surface area contributed by atoms with Crippen LogP contribution in [0, 0.1) is 6.92 Å². The lowest BCUT2D eigenvalue weighted by atomic mass is 10.2. The highest BCUT2D eigenvalue weighted by atomic mass is 32.2. The Morgan fingerprint density at radius 3 is 2.70 bits per heavy atom. The van der Waals surface area contributed by atoms with Crippen molar-refractivity contribution in [1.29, 1.82) is 0 Å². The first-order chi connectivity index (χ1) is 11.2. The lowest BCUT2D eigenvalue weighted by Crippen LogP contribution is -1.90. The number of thioether (sulfide) groups is 1. The predicted molar refractivity (Wildman–Crippen MR) is 101 cm³/mol. The summed E-state index contributed by atoms with van der Waals surface area (Å²) in [6.07, 6.45) is 2.01. The van der Waals surface area contributed by atoms with Crippen LogP contribution in [-0.4, -0.2) is 26.4 Å². The molecule has 116 valence electrons. The number of aromatic nitrogens is 4. The third kappa shape index (κ3) is 3.03. The minimum absolute atomic E-state index is 0.786. The highest BCUT2D eigenvalue weighted by molar-refractivity contribution is 8.03. The summed E-state index contributed by atoms with van der Waals surface area (Å²) in [5.41, 5.74) is 1.21. The Morgan fingerprint density at radius 1 is 1.09 bits per heavy atom. The quantitative estimate of drug-likeness (QED) is 0.339. The summed E-state index contributed by atoms with van der Waals surface area (Å²) < 4.78 is 1.88. The van der Waals surface area contributed by atoms with Gasteiger partial charge >= 0.3 is 0 Å². The van der Waals surface area contributed by atoms with Crippen LogP contribution in [0.25, 0.3) is 20.7 Å². The van der Waals surface area contributed by atoms with E-state index in [0.29, 0.717) is 0 Å². The Kier molecular flexibility index (Phi) is 4.37. The van der Waals surface area contributed by atoms with Crippen molar-refractivity contribution in [1.82, 2.24) is 20.2 Å². The van der Waals surface area contributed by atoms with Crippen molar-refractivity contribution < 1.29 is 0 Å². The van der Waals surface area contributed by atoms with E-state index >= 15 is 0 Å². The zero-order valence-corrected chi connectivity index (χ0v) is 16.2. The van der Waals surface area contributed by atoms with Gasteiger partial charge in [0.2, 0.25) is 0 Å². The van der Waals surface area contributed by atoms with Crippen LogP contribution >= 0.6 is 57.5 Å². The molecule has 0 radical (unpaired) electrons. The van der Waals surface area contributed by atoms with Gasteiger partial charge in [-0.1, -0.05) is 29.2 Å². The molecule has 0 unspecified atom stereocenters. The van der Waals surface area contributed by atoms with Crippen LogP contribution in [0.15, 0.2) is 36.6 Å². The van der Waals surface area contributed by atoms with E-state index in [9.17, 15) is 0 Å². The minimum Gasteiger partial charge on any atom is -0.226 e. The fraction of sp³-hybridized carbons (Fsp3) is 0.143. The molecular formula is C14H10N4S5. The summed E-state index contributed by atoms with van der Waals surface area (Å²) in [6, 6.07) is 4.21. The first kappa shape index (κ1) is 15.5. The lowest BCUT2D eigenvalue weighted by Gasteiger charge is -2.03. The molecule has 0 amide bonds.